The molecule has 0 bridgehead atoms. The van der Waals surface area contributed by atoms with Crippen molar-refractivity contribution in [2.75, 3.05) is 13.1 Å². The quantitative estimate of drug-likeness (QED) is 0.946. The van der Waals surface area contributed by atoms with Crippen LogP contribution in [0.15, 0.2) is 18.5 Å². The minimum atomic E-state index is 0.305. The van der Waals surface area contributed by atoms with Gasteiger partial charge in [-0.1, -0.05) is 0 Å². The Labute approximate surface area is 137 Å². The minimum absolute atomic E-state index is 0.305. The highest BCUT2D eigenvalue weighted by Crippen LogP contribution is 2.29. The van der Waals surface area contributed by atoms with Crippen molar-refractivity contribution in [1.29, 1.82) is 0 Å². The van der Waals surface area contributed by atoms with Crippen LogP contribution in [0.4, 0.5) is 0 Å². The fraction of sp³-hybridized carbons (Fsp3) is 0.556. The van der Waals surface area contributed by atoms with Crippen molar-refractivity contribution in [3.05, 3.63) is 41.2 Å². The molecule has 1 saturated heterocycles. The number of nitrogens with zero attached hydrogens (tertiary/aromatic N) is 4. The van der Waals surface area contributed by atoms with Crippen LogP contribution in [0.5, 0.6) is 5.75 Å². The summed E-state index contributed by atoms with van der Waals surface area (Å²) in [5.41, 5.74) is 4.52. The van der Waals surface area contributed by atoms with Gasteiger partial charge in [-0.2, -0.15) is 0 Å². The number of aromatic hydroxyl groups is 1. The van der Waals surface area contributed by atoms with Crippen molar-refractivity contribution in [1.82, 2.24) is 19.4 Å². The number of likely N-dealkylation sites (tertiary alicyclic amines) is 1. The number of fused-ring (bicyclic) bond motifs is 1. The van der Waals surface area contributed by atoms with Gasteiger partial charge >= 0.3 is 0 Å². The number of hydrogen-bond donors (Lipinski definition) is 1. The van der Waals surface area contributed by atoms with Crippen molar-refractivity contribution in [2.45, 2.75) is 51.6 Å². The van der Waals surface area contributed by atoms with Gasteiger partial charge in [0, 0.05) is 37.1 Å². The van der Waals surface area contributed by atoms with Gasteiger partial charge in [0.2, 0.25) is 0 Å². The number of aryl methyl sites for hydroxylation is 2. The second-order valence-electron chi connectivity index (χ2n) is 6.85. The molecule has 2 aromatic rings. The van der Waals surface area contributed by atoms with E-state index >= 15 is 0 Å². The van der Waals surface area contributed by atoms with Crippen molar-refractivity contribution in [3.63, 3.8) is 0 Å². The topological polar surface area (TPSA) is 54.2 Å². The van der Waals surface area contributed by atoms with Crippen LogP contribution in [0.25, 0.3) is 0 Å². The van der Waals surface area contributed by atoms with E-state index in [9.17, 15) is 5.11 Å². The highest BCUT2D eigenvalue weighted by Gasteiger charge is 2.27. The lowest BCUT2D eigenvalue weighted by molar-refractivity contribution is 0.304. The molecule has 0 unspecified atom stereocenters. The van der Waals surface area contributed by atoms with Crippen molar-refractivity contribution >= 4 is 0 Å². The van der Waals surface area contributed by atoms with Crippen molar-refractivity contribution < 1.29 is 5.11 Å². The zero-order valence-corrected chi connectivity index (χ0v) is 13.7. The van der Waals surface area contributed by atoms with Gasteiger partial charge in [0.1, 0.15) is 5.75 Å². The van der Waals surface area contributed by atoms with Gasteiger partial charge in [0.25, 0.3) is 0 Å². The molecule has 4 rings (SSSR count). The van der Waals surface area contributed by atoms with Crippen LogP contribution in [0.2, 0.25) is 0 Å². The molecule has 5 nitrogen and oxygen atoms in total. The van der Waals surface area contributed by atoms with Gasteiger partial charge in [-0.05, 0) is 51.2 Å². The number of aromatic nitrogens is 3. The van der Waals surface area contributed by atoms with E-state index < -0.39 is 0 Å². The molecule has 1 N–H and O–H groups in total. The lowest BCUT2D eigenvalue weighted by Gasteiger charge is -2.20. The summed E-state index contributed by atoms with van der Waals surface area (Å²) in [5.74, 6) is 0.305. The van der Waals surface area contributed by atoms with E-state index in [0.717, 1.165) is 43.9 Å². The van der Waals surface area contributed by atoms with E-state index in [2.05, 4.69) is 19.4 Å². The Kier molecular flexibility index (Phi) is 3.81. The van der Waals surface area contributed by atoms with Crippen LogP contribution in [0.1, 0.15) is 48.1 Å². The second-order valence-corrected chi connectivity index (χ2v) is 6.85. The summed E-state index contributed by atoms with van der Waals surface area (Å²) in [6, 6.07) is 4.11. The summed E-state index contributed by atoms with van der Waals surface area (Å²) in [6.45, 7) is 4.75. The molecule has 2 aromatic heterocycles. The maximum Gasteiger partial charge on any atom is 0.138 e. The third-order valence-corrected chi connectivity index (χ3v) is 5.16. The zero-order valence-electron chi connectivity index (χ0n) is 13.7. The first kappa shape index (κ1) is 14.7. The molecule has 2 aliphatic rings. The predicted octanol–water partition coefficient (Wildman–Crippen LogP) is 2.62. The lowest BCUT2D eigenvalue weighted by Crippen LogP contribution is -2.22. The second kappa shape index (κ2) is 5.96. The first-order valence-corrected chi connectivity index (χ1v) is 8.63. The monoisotopic (exact) mass is 312 g/mol. The largest absolute Gasteiger partial charge is 0.506 e. The van der Waals surface area contributed by atoms with Gasteiger partial charge in [-0.15, -0.1) is 0 Å². The highest BCUT2D eigenvalue weighted by molar-refractivity contribution is 5.27. The molecule has 1 aliphatic heterocycles. The first-order chi connectivity index (χ1) is 11.2. The number of imidazole rings is 1. The smallest absolute Gasteiger partial charge is 0.138 e. The average Bonchev–Trinajstić information content (AvgIpc) is 3.17. The Morgan fingerprint density at radius 1 is 1.26 bits per heavy atom. The van der Waals surface area contributed by atoms with Crippen LogP contribution >= 0.6 is 0 Å². The van der Waals surface area contributed by atoms with Gasteiger partial charge in [-0.3, -0.25) is 9.88 Å². The summed E-state index contributed by atoms with van der Waals surface area (Å²) in [6.07, 6.45) is 8.07. The van der Waals surface area contributed by atoms with E-state index in [-0.39, 0.29) is 0 Å². The Bertz CT molecular complexity index is 709. The third kappa shape index (κ3) is 2.85. The van der Waals surface area contributed by atoms with Crippen molar-refractivity contribution in [2.24, 2.45) is 0 Å². The summed E-state index contributed by atoms with van der Waals surface area (Å²) in [5, 5.41) is 10.00. The fourth-order valence-electron chi connectivity index (χ4n) is 3.92. The number of hydrogen-bond acceptors (Lipinski definition) is 4. The maximum atomic E-state index is 10.00. The summed E-state index contributed by atoms with van der Waals surface area (Å²) < 4.78 is 2.41. The molecule has 0 amide bonds. The normalized spacial score (nSPS) is 21.5. The standard InChI is InChI=1S/C18H24N4O/c1-13-6-7-18(23)16(20-13)11-21-9-8-14(10-21)22-12-19-15-4-2-3-5-17(15)22/h6-7,12,14,23H,2-5,8-11H2,1H3/t14-/m0/s1. The van der Waals surface area contributed by atoms with Crippen LogP contribution in [0, 0.1) is 6.92 Å². The Balaban J connectivity index is 1.47. The number of pyridine rings is 1. The molecule has 0 aromatic carbocycles. The molecular formula is C18H24N4O. The van der Waals surface area contributed by atoms with E-state index in [1.807, 2.05) is 19.3 Å². The zero-order chi connectivity index (χ0) is 15.8. The van der Waals surface area contributed by atoms with Crippen LogP contribution in [-0.2, 0) is 19.4 Å². The Morgan fingerprint density at radius 3 is 3.04 bits per heavy atom. The fourth-order valence-corrected chi connectivity index (χ4v) is 3.92. The maximum absolute atomic E-state index is 10.00. The van der Waals surface area contributed by atoms with E-state index in [0.29, 0.717) is 11.8 Å². The van der Waals surface area contributed by atoms with E-state index in [1.165, 1.54) is 30.7 Å². The summed E-state index contributed by atoms with van der Waals surface area (Å²) in [7, 11) is 0. The van der Waals surface area contributed by atoms with E-state index in [1.54, 1.807) is 6.07 Å². The lowest BCUT2D eigenvalue weighted by atomic mass is 10.0. The molecule has 3 heterocycles. The SMILES string of the molecule is Cc1ccc(O)c(CN2CC[C@H](n3cnc4c3CCCC4)C2)n1. The average molecular weight is 312 g/mol. The first-order valence-electron chi connectivity index (χ1n) is 8.63. The summed E-state index contributed by atoms with van der Waals surface area (Å²) in [4.78, 5) is 11.5. The van der Waals surface area contributed by atoms with Crippen molar-refractivity contribution in [3.8, 4) is 5.75 Å². The number of rotatable bonds is 3. The Morgan fingerprint density at radius 2 is 2.13 bits per heavy atom. The van der Waals surface area contributed by atoms with Crippen LogP contribution in [0.3, 0.4) is 0 Å². The molecular weight excluding hydrogens is 288 g/mol. The third-order valence-electron chi connectivity index (χ3n) is 5.16. The molecule has 5 heteroatoms. The molecule has 23 heavy (non-hydrogen) atoms. The molecule has 1 fully saturated rings. The Hall–Kier alpha value is -1.88. The van der Waals surface area contributed by atoms with Gasteiger partial charge in [-0.25, -0.2) is 4.98 Å². The van der Waals surface area contributed by atoms with Crippen LogP contribution < -0.4 is 0 Å². The van der Waals surface area contributed by atoms with Gasteiger partial charge < -0.3 is 9.67 Å². The molecule has 122 valence electrons. The minimum Gasteiger partial charge on any atom is -0.506 e. The van der Waals surface area contributed by atoms with Gasteiger partial charge in [0.15, 0.2) is 0 Å². The van der Waals surface area contributed by atoms with Gasteiger partial charge in [0.05, 0.1) is 17.7 Å². The molecule has 1 atom stereocenters. The summed E-state index contributed by atoms with van der Waals surface area (Å²) >= 11 is 0. The van der Waals surface area contributed by atoms with E-state index in [4.69, 9.17) is 0 Å². The van der Waals surface area contributed by atoms with Crippen LogP contribution in [-0.4, -0.2) is 37.6 Å². The molecule has 0 spiro atoms. The molecule has 1 aliphatic carbocycles. The highest BCUT2D eigenvalue weighted by atomic mass is 16.3. The molecule has 0 radical (unpaired) electrons. The molecule has 0 saturated carbocycles. The predicted molar refractivity (Wildman–Crippen MR) is 88.4 cm³/mol.